The highest BCUT2D eigenvalue weighted by Gasteiger charge is 2.33. The fourth-order valence-corrected chi connectivity index (χ4v) is 4.00. The van der Waals surface area contributed by atoms with E-state index in [0.717, 1.165) is 11.1 Å². The fourth-order valence-electron chi connectivity index (χ4n) is 3.68. The SMILES string of the molecule is O=C1c2c(O)c(=O)ccn2C(Cc2ccccc2)CN1Cc1ccc(Cl)c(Cl)c1. The van der Waals surface area contributed by atoms with E-state index in [-0.39, 0.29) is 11.7 Å². The minimum atomic E-state index is -0.570. The average Bonchev–Trinajstić information content (AvgIpc) is 2.71. The predicted octanol–water partition coefficient (Wildman–Crippen LogP) is 4.30. The lowest BCUT2D eigenvalue weighted by Gasteiger charge is -2.36. The van der Waals surface area contributed by atoms with Gasteiger partial charge in [-0.05, 0) is 29.7 Å². The third-order valence-electron chi connectivity index (χ3n) is 5.09. The van der Waals surface area contributed by atoms with Gasteiger partial charge in [-0.2, -0.15) is 0 Å². The summed E-state index contributed by atoms with van der Waals surface area (Å²) in [6, 6.07) is 16.3. The summed E-state index contributed by atoms with van der Waals surface area (Å²) in [4.78, 5) is 26.7. The Kier molecular flexibility index (Phi) is 5.35. The molecule has 1 N–H and O–H groups in total. The van der Waals surface area contributed by atoms with Crippen molar-refractivity contribution in [1.82, 2.24) is 9.47 Å². The molecule has 4 rings (SSSR count). The number of benzene rings is 2. The quantitative estimate of drug-likeness (QED) is 0.673. The Hall–Kier alpha value is -2.76. The highest BCUT2D eigenvalue weighted by atomic mass is 35.5. The number of carbonyl (C=O) groups is 1. The van der Waals surface area contributed by atoms with Crippen LogP contribution < -0.4 is 5.43 Å². The van der Waals surface area contributed by atoms with Crippen LogP contribution in [0.15, 0.2) is 65.6 Å². The zero-order valence-corrected chi connectivity index (χ0v) is 16.9. The number of amides is 1. The van der Waals surface area contributed by atoms with E-state index in [4.69, 9.17) is 23.2 Å². The van der Waals surface area contributed by atoms with Gasteiger partial charge in [0.2, 0.25) is 5.43 Å². The summed E-state index contributed by atoms with van der Waals surface area (Å²) in [5.41, 5.74) is 1.37. The van der Waals surface area contributed by atoms with Crippen molar-refractivity contribution in [2.45, 2.75) is 19.0 Å². The van der Waals surface area contributed by atoms with Gasteiger partial charge in [-0.3, -0.25) is 9.59 Å². The van der Waals surface area contributed by atoms with E-state index in [9.17, 15) is 14.7 Å². The van der Waals surface area contributed by atoms with Gasteiger partial charge in [0.15, 0.2) is 11.4 Å². The molecule has 1 amide bonds. The lowest BCUT2D eigenvalue weighted by molar-refractivity contribution is 0.0644. The second-order valence-corrected chi connectivity index (χ2v) is 7.88. The van der Waals surface area contributed by atoms with Crippen LogP contribution in [0.3, 0.4) is 0 Å². The summed E-state index contributed by atoms with van der Waals surface area (Å²) < 4.78 is 1.71. The van der Waals surface area contributed by atoms with E-state index in [0.29, 0.717) is 29.6 Å². The summed E-state index contributed by atoms with van der Waals surface area (Å²) in [5, 5.41) is 11.2. The van der Waals surface area contributed by atoms with Crippen molar-refractivity contribution in [1.29, 1.82) is 0 Å². The summed E-state index contributed by atoms with van der Waals surface area (Å²) in [6.45, 7) is 0.729. The van der Waals surface area contributed by atoms with Crippen molar-refractivity contribution in [2.24, 2.45) is 0 Å². The number of pyridine rings is 1. The first-order chi connectivity index (χ1) is 13.9. The first-order valence-corrected chi connectivity index (χ1v) is 9.91. The molecule has 2 aromatic carbocycles. The van der Waals surface area contributed by atoms with Crippen LogP contribution in [0.5, 0.6) is 5.75 Å². The molecule has 0 radical (unpaired) electrons. The number of aromatic hydroxyl groups is 1. The topological polar surface area (TPSA) is 62.5 Å². The molecule has 1 atom stereocenters. The first kappa shape index (κ1) is 19.6. The highest BCUT2D eigenvalue weighted by molar-refractivity contribution is 6.42. The van der Waals surface area contributed by atoms with Gasteiger partial charge < -0.3 is 14.6 Å². The van der Waals surface area contributed by atoms with Gasteiger partial charge in [-0.1, -0.05) is 59.6 Å². The molecule has 3 aromatic rings. The van der Waals surface area contributed by atoms with Crippen molar-refractivity contribution < 1.29 is 9.90 Å². The average molecular weight is 429 g/mol. The third-order valence-corrected chi connectivity index (χ3v) is 5.83. The van der Waals surface area contributed by atoms with Crippen molar-refractivity contribution in [2.75, 3.05) is 6.54 Å². The van der Waals surface area contributed by atoms with Gasteiger partial charge in [0.1, 0.15) is 0 Å². The van der Waals surface area contributed by atoms with Crippen LogP contribution in [0.2, 0.25) is 10.0 Å². The molecule has 0 bridgehead atoms. The molecule has 1 aromatic heterocycles. The molecule has 0 saturated carbocycles. The lowest BCUT2D eigenvalue weighted by Crippen LogP contribution is -2.44. The zero-order valence-electron chi connectivity index (χ0n) is 15.4. The van der Waals surface area contributed by atoms with Crippen LogP contribution in [0.1, 0.15) is 27.7 Å². The molecular formula is C22H18Cl2N2O3. The van der Waals surface area contributed by atoms with Crippen molar-refractivity contribution in [3.05, 3.63) is 97.9 Å². The number of aromatic nitrogens is 1. The molecule has 2 heterocycles. The Morgan fingerprint density at radius 3 is 2.45 bits per heavy atom. The normalized spacial score (nSPS) is 16.0. The Labute approximate surface area is 177 Å². The molecule has 148 valence electrons. The number of nitrogens with zero attached hydrogens (tertiary/aromatic N) is 2. The van der Waals surface area contributed by atoms with E-state index < -0.39 is 17.1 Å². The Balaban J connectivity index is 1.72. The number of carbonyl (C=O) groups excluding carboxylic acids is 1. The van der Waals surface area contributed by atoms with Gasteiger partial charge in [-0.15, -0.1) is 0 Å². The Bertz CT molecular complexity index is 1130. The fraction of sp³-hybridized carbons (Fsp3) is 0.182. The highest BCUT2D eigenvalue weighted by Crippen LogP contribution is 2.30. The first-order valence-electron chi connectivity index (χ1n) is 9.15. The van der Waals surface area contributed by atoms with Gasteiger partial charge in [0.05, 0.1) is 16.1 Å². The smallest absolute Gasteiger partial charge is 0.274 e. The van der Waals surface area contributed by atoms with Gasteiger partial charge in [0.25, 0.3) is 5.91 Å². The second-order valence-electron chi connectivity index (χ2n) is 7.06. The van der Waals surface area contributed by atoms with Crippen LogP contribution >= 0.6 is 23.2 Å². The molecule has 0 saturated heterocycles. The monoisotopic (exact) mass is 428 g/mol. The van der Waals surface area contributed by atoms with Gasteiger partial charge >= 0.3 is 0 Å². The lowest BCUT2D eigenvalue weighted by atomic mass is 10.0. The van der Waals surface area contributed by atoms with E-state index >= 15 is 0 Å². The Morgan fingerprint density at radius 1 is 0.966 bits per heavy atom. The van der Waals surface area contributed by atoms with Crippen LogP contribution in [-0.2, 0) is 13.0 Å². The van der Waals surface area contributed by atoms with Crippen LogP contribution in [0.25, 0.3) is 0 Å². The minimum Gasteiger partial charge on any atom is -0.503 e. The second kappa shape index (κ2) is 7.93. The van der Waals surface area contributed by atoms with E-state index in [1.807, 2.05) is 30.3 Å². The maximum Gasteiger partial charge on any atom is 0.274 e. The molecule has 5 nitrogen and oxygen atoms in total. The molecular weight excluding hydrogens is 411 g/mol. The van der Waals surface area contributed by atoms with E-state index in [1.165, 1.54) is 6.07 Å². The van der Waals surface area contributed by atoms with E-state index in [2.05, 4.69) is 0 Å². The third kappa shape index (κ3) is 3.88. The van der Waals surface area contributed by atoms with Crippen LogP contribution in [0.4, 0.5) is 0 Å². The largest absolute Gasteiger partial charge is 0.503 e. The standard InChI is InChI=1S/C22H18Cl2N2O3/c23-17-7-6-15(11-18(17)24)12-25-13-16(10-14-4-2-1-3-5-14)26-9-8-19(27)21(28)20(26)22(25)29/h1-9,11,16,28H,10,12-13H2. The maximum absolute atomic E-state index is 13.1. The summed E-state index contributed by atoms with van der Waals surface area (Å²) in [5.74, 6) is -0.912. The summed E-state index contributed by atoms with van der Waals surface area (Å²) >= 11 is 12.1. The van der Waals surface area contributed by atoms with Crippen molar-refractivity contribution in [3.8, 4) is 5.75 Å². The molecule has 0 fully saturated rings. The molecule has 1 aliphatic rings. The van der Waals surface area contributed by atoms with Gasteiger partial charge in [-0.25, -0.2) is 0 Å². The molecule has 1 aliphatic heterocycles. The number of hydrogen-bond donors (Lipinski definition) is 1. The van der Waals surface area contributed by atoms with E-state index in [1.54, 1.807) is 33.9 Å². The molecule has 29 heavy (non-hydrogen) atoms. The zero-order chi connectivity index (χ0) is 20.5. The number of halogens is 2. The molecule has 0 spiro atoms. The van der Waals surface area contributed by atoms with Crippen LogP contribution in [0, 0.1) is 0 Å². The Morgan fingerprint density at radius 2 is 1.72 bits per heavy atom. The van der Waals surface area contributed by atoms with Crippen LogP contribution in [-0.4, -0.2) is 27.0 Å². The predicted molar refractivity (Wildman–Crippen MR) is 113 cm³/mol. The number of hydrogen-bond acceptors (Lipinski definition) is 3. The molecule has 7 heteroatoms. The van der Waals surface area contributed by atoms with Crippen molar-refractivity contribution >= 4 is 29.1 Å². The minimum absolute atomic E-state index is 0.0183. The number of fused-ring (bicyclic) bond motifs is 1. The summed E-state index contributed by atoms with van der Waals surface area (Å²) in [6.07, 6.45) is 2.24. The van der Waals surface area contributed by atoms with Gasteiger partial charge in [0, 0.05) is 25.4 Å². The maximum atomic E-state index is 13.1. The summed E-state index contributed by atoms with van der Waals surface area (Å²) in [7, 11) is 0. The molecule has 0 aliphatic carbocycles. The molecule has 1 unspecified atom stereocenters. The van der Waals surface area contributed by atoms with Crippen molar-refractivity contribution in [3.63, 3.8) is 0 Å². The number of rotatable bonds is 4.